The van der Waals surface area contributed by atoms with Crippen molar-refractivity contribution in [2.45, 2.75) is 51.1 Å². The maximum absolute atomic E-state index is 13.0. The molecule has 0 spiro atoms. The Labute approximate surface area is 123 Å². The van der Waals surface area contributed by atoms with E-state index in [1.807, 2.05) is 11.8 Å². The standard InChI is InChI=1S/C15H30N2O3/c1-5-7-15(8-6-9-16-15)14(18)17(10-11-19-3)13(2)12-20-4/h13,16H,5-12H2,1-4H3. The lowest BCUT2D eigenvalue weighted by Gasteiger charge is -2.37. The van der Waals surface area contributed by atoms with E-state index in [0.717, 1.165) is 32.2 Å². The Morgan fingerprint density at radius 2 is 2.15 bits per heavy atom. The van der Waals surface area contributed by atoms with Crippen LogP contribution in [0.3, 0.4) is 0 Å². The second-order valence-electron chi connectivity index (χ2n) is 5.66. The Morgan fingerprint density at radius 3 is 2.65 bits per heavy atom. The summed E-state index contributed by atoms with van der Waals surface area (Å²) in [4.78, 5) is 14.9. The number of ether oxygens (including phenoxy) is 2. The first kappa shape index (κ1) is 17.4. The van der Waals surface area contributed by atoms with Crippen molar-refractivity contribution in [3.8, 4) is 0 Å². The lowest BCUT2D eigenvalue weighted by atomic mass is 9.89. The molecule has 1 N–H and O–H groups in total. The van der Waals surface area contributed by atoms with Gasteiger partial charge >= 0.3 is 0 Å². The van der Waals surface area contributed by atoms with Gasteiger partial charge in [0.25, 0.3) is 0 Å². The molecule has 118 valence electrons. The SMILES string of the molecule is CCCC1(C(=O)N(CCOC)C(C)COC)CCCN1. The molecule has 1 heterocycles. The van der Waals surface area contributed by atoms with E-state index < -0.39 is 0 Å². The average molecular weight is 286 g/mol. The van der Waals surface area contributed by atoms with Crippen LogP contribution in [0, 0.1) is 0 Å². The van der Waals surface area contributed by atoms with Gasteiger partial charge in [0.05, 0.1) is 24.8 Å². The molecule has 1 aliphatic heterocycles. The van der Waals surface area contributed by atoms with Gasteiger partial charge in [-0.25, -0.2) is 0 Å². The molecule has 0 aliphatic carbocycles. The van der Waals surface area contributed by atoms with Gasteiger partial charge in [-0.2, -0.15) is 0 Å². The number of carbonyl (C=O) groups is 1. The fraction of sp³-hybridized carbons (Fsp3) is 0.933. The number of methoxy groups -OCH3 is 2. The van der Waals surface area contributed by atoms with E-state index in [-0.39, 0.29) is 17.5 Å². The number of amides is 1. The molecule has 0 saturated carbocycles. The predicted molar refractivity (Wildman–Crippen MR) is 79.8 cm³/mol. The summed E-state index contributed by atoms with van der Waals surface area (Å²) >= 11 is 0. The van der Waals surface area contributed by atoms with E-state index in [1.165, 1.54) is 0 Å². The summed E-state index contributed by atoms with van der Waals surface area (Å²) < 4.78 is 10.4. The Hall–Kier alpha value is -0.650. The quantitative estimate of drug-likeness (QED) is 0.696. The molecular weight excluding hydrogens is 256 g/mol. The van der Waals surface area contributed by atoms with Gasteiger partial charge in [-0.15, -0.1) is 0 Å². The highest BCUT2D eigenvalue weighted by molar-refractivity contribution is 5.87. The van der Waals surface area contributed by atoms with Crippen LogP contribution in [-0.2, 0) is 14.3 Å². The monoisotopic (exact) mass is 286 g/mol. The molecule has 0 radical (unpaired) electrons. The molecule has 0 aromatic heterocycles. The third-order valence-electron chi connectivity index (χ3n) is 4.07. The second kappa shape index (κ2) is 8.60. The molecule has 1 fully saturated rings. The molecule has 20 heavy (non-hydrogen) atoms. The molecule has 2 atom stereocenters. The molecule has 2 unspecified atom stereocenters. The van der Waals surface area contributed by atoms with E-state index in [1.54, 1.807) is 14.2 Å². The number of rotatable bonds is 9. The number of hydrogen-bond acceptors (Lipinski definition) is 4. The Kier molecular flexibility index (Phi) is 7.48. The molecular formula is C15H30N2O3. The van der Waals surface area contributed by atoms with Gasteiger partial charge < -0.3 is 19.7 Å². The number of hydrogen-bond donors (Lipinski definition) is 1. The van der Waals surface area contributed by atoms with Crippen LogP contribution in [0.2, 0.25) is 0 Å². The van der Waals surface area contributed by atoms with Crippen LogP contribution >= 0.6 is 0 Å². The van der Waals surface area contributed by atoms with Crippen LogP contribution in [0.15, 0.2) is 0 Å². The molecule has 1 saturated heterocycles. The van der Waals surface area contributed by atoms with E-state index >= 15 is 0 Å². The third kappa shape index (κ3) is 4.17. The van der Waals surface area contributed by atoms with Crippen molar-refractivity contribution in [3.63, 3.8) is 0 Å². The first-order chi connectivity index (χ1) is 9.61. The molecule has 5 nitrogen and oxygen atoms in total. The zero-order chi connectivity index (χ0) is 15.0. The summed E-state index contributed by atoms with van der Waals surface area (Å²) in [6.45, 7) is 6.83. The van der Waals surface area contributed by atoms with Crippen LogP contribution in [0.5, 0.6) is 0 Å². The first-order valence-electron chi connectivity index (χ1n) is 7.65. The van der Waals surface area contributed by atoms with E-state index in [4.69, 9.17) is 9.47 Å². The normalized spacial score (nSPS) is 23.8. The zero-order valence-corrected chi connectivity index (χ0v) is 13.4. The van der Waals surface area contributed by atoms with Gasteiger partial charge in [0.1, 0.15) is 0 Å². The van der Waals surface area contributed by atoms with Gasteiger partial charge in [-0.3, -0.25) is 4.79 Å². The van der Waals surface area contributed by atoms with Gasteiger partial charge in [-0.05, 0) is 32.7 Å². The number of carbonyl (C=O) groups excluding carboxylic acids is 1. The summed E-state index contributed by atoms with van der Waals surface area (Å²) in [6.07, 6.45) is 3.91. The van der Waals surface area contributed by atoms with Crippen LogP contribution in [0.1, 0.15) is 39.5 Å². The topological polar surface area (TPSA) is 50.8 Å². The summed E-state index contributed by atoms with van der Waals surface area (Å²) in [5.74, 6) is 0.207. The molecule has 1 aliphatic rings. The van der Waals surface area contributed by atoms with Gasteiger partial charge in [-0.1, -0.05) is 13.3 Å². The summed E-state index contributed by atoms with van der Waals surface area (Å²) in [5, 5.41) is 3.45. The molecule has 0 aromatic rings. The van der Waals surface area contributed by atoms with Crippen LogP contribution in [0.25, 0.3) is 0 Å². The van der Waals surface area contributed by atoms with E-state index in [2.05, 4.69) is 12.2 Å². The fourth-order valence-corrected chi connectivity index (χ4v) is 3.05. The second-order valence-corrected chi connectivity index (χ2v) is 5.66. The average Bonchev–Trinajstić information content (AvgIpc) is 2.89. The zero-order valence-electron chi connectivity index (χ0n) is 13.4. The fourth-order valence-electron chi connectivity index (χ4n) is 3.05. The van der Waals surface area contributed by atoms with Crippen LogP contribution < -0.4 is 5.32 Å². The summed E-state index contributed by atoms with van der Waals surface area (Å²) in [5.41, 5.74) is -0.371. The molecule has 1 amide bonds. The highest BCUT2D eigenvalue weighted by Crippen LogP contribution is 2.27. The third-order valence-corrected chi connectivity index (χ3v) is 4.07. The minimum atomic E-state index is -0.371. The Balaban J connectivity index is 2.83. The molecule has 5 heteroatoms. The van der Waals surface area contributed by atoms with Gasteiger partial charge in [0, 0.05) is 20.8 Å². The van der Waals surface area contributed by atoms with Gasteiger partial charge in [0.15, 0.2) is 0 Å². The summed E-state index contributed by atoms with van der Waals surface area (Å²) in [6, 6.07) is 0.0683. The molecule has 0 bridgehead atoms. The van der Waals surface area contributed by atoms with Crippen molar-refractivity contribution in [2.24, 2.45) is 0 Å². The number of nitrogens with one attached hydrogen (secondary N) is 1. The minimum Gasteiger partial charge on any atom is -0.383 e. The lowest BCUT2D eigenvalue weighted by molar-refractivity contribution is -0.142. The van der Waals surface area contributed by atoms with Crippen molar-refractivity contribution in [1.82, 2.24) is 10.2 Å². The number of nitrogens with zero attached hydrogens (tertiary/aromatic N) is 1. The minimum absolute atomic E-state index is 0.0683. The van der Waals surface area contributed by atoms with Crippen molar-refractivity contribution in [1.29, 1.82) is 0 Å². The first-order valence-corrected chi connectivity index (χ1v) is 7.65. The van der Waals surface area contributed by atoms with Crippen molar-refractivity contribution < 1.29 is 14.3 Å². The van der Waals surface area contributed by atoms with Crippen LogP contribution in [-0.4, -0.2) is 62.9 Å². The lowest BCUT2D eigenvalue weighted by Crippen LogP contribution is -2.58. The maximum Gasteiger partial charge on any atom is 0.243 e. The Bertz CT molecular complexity index is 291. The van der Waals surface area contributed by atoms with E-state index in [0.29, 0.717) is 19.8 Å². The van der Waals surface area contributed by atoms with E-state index in [9.17, 15) is 4.79 Å². The summed E-state index contributed by atoms with van der Waals surface area (Å²) in [7, 11) is 3.34. The maximum atomic E-state index is 13.0. The van der Waals surface area contributed by atoms with Gasteiger partial charge in [0.2, 0.25) is 5.91 Å². The Morgan fingerprint density at radius 1 is 1.40 bits per heavy atom. The van der Waals surface area contributed by atoms with Crippen LogP contribution in [0.4, 0.5) is 0 Å². The highest BCUT2D eigenvalue weighted by atomic mass is 16.5. The van der Waals surface area contributed by atoms with Crippen molar-refractivity contribution in [2.75, 3.05) is 40.5 Å². The highest BCUT2D eigenvalue weighted by Gasteiger charge is 2.43. The molecule has 0 aromatic carbocycles. The van der Waals surface area contributed by atoms with Crippen molar-refractivity contribution >= 4 is 5.91 Å². The smallest absolute Gasteiger partial charge is 0.243 e. The molecule has 1 rings (SSSR count). The van der Waals surface area contributed by atoms with Crippen molar-refractivity contribution in [3.05, 3.63) is 0 Å². The predicted octanol–water partition coefficient (Wildman–Crippen LogP) is 1.42. The largest absolute Gasteiger partial charge is 0.383 e.